The third-order valence-electron chi connectivity index (χ3n) is 5.97. The number of fused-ring (bicyclic) bond motifs is 1. The first-order valence-electron chi connectivity index (χ1n) is 10.7. The van der Waals surface area contributed by atoms with Gasteiger partial charge in [-0.2, -0.15) is 0 Å². The van der Waals surface area contributed by atoms with Crippen molar-refractivity contribution in [1.29, 1.82) is 0 Å². The minimum atomic E-state index is -0.612. The van der Waals surface area contributed by atoms with E-state index in [-0.39, 0.29) is 12.5 Å². The van der Waals surface area contributed by atoms with Crippen molar-refractivity contribution >= 4 is 46.7 Å². The number of halogens is 3. The number of carbonyl (C=O) groups is 2. The van der Waals surface area contributed by atoms with Gasteiger partial charge in [0.1, 0.15) is 12.1 Å². The molecule has 2 aliphatic rings. The first kappa shape index (κ1) is 23.0. The summed E-state index contributed by atoms with van der Waals surface area (Å²) in [5.41, 5.74) is 3.07. The van der Waals surface area contributed by atoms with E-state index in [9.17, 15) is 9.59 Å². The lowest BCUT2D eigenvalue weighted by Crippen LogP contribution is -2.43. The smallest absolute Gasteiger partial charge is 0.325 e. The van der Waals surface area contributed by atoms with Crippen molar-refractivity contribution in [2.75, 3.05) is 6.54 Å². The van der Waals surface area contributed by atoms with Crippen LogP contribution in [-0.2, 0) is 4.79 Å². The molecule has 1 fully saturated rings. The third-order valence-corrected chi connectivity index (χ3v) is 6.77. The molecule has 0 radical (unpaired) electrons. The van der Waals surface area contributed by atoms with E-state index < -0.39 is 17.7 Å². The number of ether oxygens (including phenoxy) is 1. The highest BCUT2D eigenvalue weighted by atomic mass is 35.5. The van der Waals surface area contributed by atoms with Gasteiger partial charge in [-0.3, -0.25) is 10.1 Å². The molecule has 2 aliphatic heterocycles. The lowest BCUT2D eigenvalue weighted by molar-refractivity contribution is -0.118. The molecule has 1 aromatic heterocycles. The maximum absolute atomic E-state index is 12.6. The summed E-state index contributed by atoms with van der Waals surface area (Å²) in [5.74, 6) is 0.0680. The highest BCUT2D eigenvalue weighted by Gasteiger charge is 2.43. The van der Waals surface area contributed by atoms with E-state index in [1.54, 1.807) is 24.3 Å². The van der Waals surface area contributed by atoms with Gasteiger partial charge in [-0.15, -0.1) is 0 Å². The Bertz CT molecular complexity index is 1320. The van der Waals surface area contributed by atoms with Crippen LogP contribution in [0.5, 0.6) is 5.88 Å². The number of nitrogens with zero attached hydrogens (tertiary/aromatic N) is 2. The molecule has 3 heterocycles. The summed E-state index contributed by atoms with van der Waals surface area (Å²) in [5, 5.41) is 3.94. The molecule has 174 valence electrons. The van der Waals surface area contributed by atoms with Crippen LogP contribution in [0, 0.1) is 0 Å². The van der Waals surface area contributed by atoms with Crippen molar-refractivity contribution in [2.45, 2.75) is 31.9 Å². The molecular weight excluding hydrogens is 497 g/mol. The van der Waals surface area contributed by atoms with Gasteiger partial charge in [-0.25, -0.2) is 9.78 Å². The Morgan fingerprint density at radius 3 is 2.35 bits per heavy atom. The number of benzene rings is 2. The summed E-state index contributed by atoms with van der Waals surface area (Å²) >= 11 is 18.8. The van der Waals surface area contributed by atoms with Crippen LogP contribution >= 0.6 is 34.8 Å². The van der Waals surface area contributed by atoms with Crippen molar-refractivity contribution in [3.8, 4) is 28.3 Å². The molecule has 3 amide bonds. The standard InChI is InChI=1S/C25H20Cl3N3O3/c1-25(2)11-20(31-12-21(32)29-24(31)33)18-10-17(13-3-5-14(26)6-4-13)22(30-23(18)34-25)16-8-7-15(27)9-19(16)28/h3-10,20H,11-12H2,1-2H3,(H,29,32,33). The number of pyridine rings is 1. The fourth-order valence-electron chi connectivity index (χ4n) is 4.43. The first-order valence-corrected chi connectivity index (χ1v) is 11.8. The first-order chi connectivity index (χ1) is 16.1. The number of rotatable bonds is 3. The zero-order valence-electron chi connectivity index (χ0n) is 18.4. The van der Waals surface area contributed by atoms with Gasteiger partial charge in [0.2, 0.25) is 11.8 Å². The Morgan fingerprint density at radius 1 is 1.00 bits per heavy atom. The number of amides is 3. The van der Waals surface area contributed by atoms with E-state index in [1.165, 1.54) is 4.90 Å². The number of urea groups is 1. The second-order valence-electron chi connectivity index (χ2n) is 8.97. The molecule has 0 aliphatic carbocycles. The van der Waals surface area contributed by atoms with Crippen LogP contribution in [0.15, 0.2) is 48.5 Å². The molecule has 1 unspecified atom stereocenters. The van der Waals surface area contributed by atoms with Crippen LogP contribution in [0.25, 0.3) is 22.4 Å². The molecule has 2 aromatic carbocycles. The number of aromatic nitrogens is 1. The molecule has 5 rings (SSSR count). The van der Waals surface area contributed by atoms with Gasteiger partial charge in [-0.1, -0.05) is 46.9 Å². The number of hydrogen-bond acceptors (Lipinski definition) is 4. The number of imide groups is 1. The average molecular weight is 517 g/mol. The van der Waals surface area contributed by atoms with E-state index >= 15 is 0 Å². The van der Waals surface area contributed by atoms with Gasteiger partial charge in [0.05, 0.1) is 16.8 Å². The molecule has 0 spiro atoms. The molecule has 9 heteroatoms. The highest BCUT2D eigenvalue weighted by molar-refractivity contribution is 6.36. The predicted octanol–water partition coefficient (Wildman–Crippen LogP) is 6.53. The van der Waals surface area contributed by atoms with Crippen LogP contribution in [0.3, 0.4) is 0 Å². The molecule has 0 bridgehead atoms. The van der Waals surface area contributed by atoms with Crippen molar-refractivity contribution in [3.63, 3.8) is 0 Å². The summed E-state index contributed by atoms with van der Waals surface area (Å²) in [4.78, 5) is 30.9. The van der Waals surface area contributed by atoms with E-state index in [1.807, 2.05) is 38.1 Å². The third kappa shape index (κ3) is 4.22. The van der Waals surface area contributed by atoms with Crippen LogP contribution in [0.2, 0.25) is 15.1 Å². The normalized spacial score (nSPS) is 19.0. The Labute approximate surface area is 211 Å². The van der Waals surface area contributed by atoms with Crippen molar-refractivity contribution < 1.29 is 14.3 Å². The van der Waals surface area contributed by atoms with Gasteiger partial charge >= 0.3 is 6.03 Å². The van der Waals surface area contributed by atoms with Crippen LogP contribution < -0.4 is 10.1 Å². The van der Waals surface area contributed by atoms with Crippen LogP contribution in [0.1, 0.15) is 31.9 Å². The predicted molar refractivity (Wildman–Crippen MR) is 132 cm³/mol. The molecule has 6 nitrogen and oxygen atoms in total. The van der Waals surface area contributed by atoms with E-state index in [0.29, 0.717) is 38.6 Å². The second kappa shape index (κ2) is 8.45. The largest absolute Gasteiger partial charge is 0.471 e. The molecule has 1 atom stereocenters. The Balaban J connectivity index is 1.75. The van der Waals surface area contributed by atoms with E-state index in [4.69, 9.17) is 44.5 Å². The van der Waals surface area contributed by atoms with Gasteiger partial charge < -0.3 is 9.64 Å². The zero-order chi connectivity index (χ0) is 24.2. The molecule has 34 heavy (non-hydrogen) atoms. The Morgan fingerprint density at radius 2 is 1.71 bits per heavy atom. The van der Waals surface area contributed by atoms with Crippen molar-refractivity contribution in [1.82, 2.24) is 15.2 Å². The number of carbonyl (C=O) groups excluding carboxylic acids is 2. The van der Waals surface area contributed by atoms with Crippen molar-refractivity contribution in [3.05, 3.63) is 69.2 Å². The quantitative estimate of drug-likeness (QED) is 0.402. The summed E-state index contributed by atoms with van der Waals surface area (Å²) in [6.07, 6.45) is 0.503. The van der Waals surface area contributed by atoms with Gasteiger partial charge in [0.25, 0.3) is 0 Å². The molecular formula is C25H20Cl3N3O3. The monoisotopic (exact) mass is 515 g/mol. The van der Waals surface area contributed by atoms with Gasteiger partial charge in [0.15, 0.2) is 0 Å². The topological polar surface area (TPSA) is 71.5 Å². The molecule has 0 saturated carbocycles. The fourth-order valence-corrected chi connectivity index (χ4v) is 5.06. The lowest BCUT2D eigenvalue weighted by Gasteiger charge is -2.40. The Kier molecular flexibility index (Phi) is 5.71. The van der Waals surface area contributed by atoms with Gasteiger partial charge in [-0.05, 0) is 55.8 Å². The number of nitrogens with one attached hydrogen (secondary N) is 1. The maximum atomic E-state index is 12.6. The summed E-state index contributed by atoms with van der Waals surface area (Å²) in [6, 6.07) is 13.8. The summed E-state index contributed by atoms with van der Waals surface area (Å²) < 4.78 is 6.26. The number of hydrogen-bond donors (Lipinski definition) is 1. The minimum Gasteiger partial charge on any atom is -0.471 e. The van der Waals surface area contributed by atoms with Crippen molar-refractivity contribution in [2.24, 2.45) is 0 Å². The average Bonchev–Trinajstić information content (AvgIpc) is 3.10. The lowest BCUT2D eigenvalue weighted by atomic mass is 9.87. The fraction of sp³-hybridized carbons (Fsp3) is 0.240. The second-order valence-corrected chi connectivity index (χ2v) is 10.3. The SMILES string of the molecule is CC1(C)CC(N2CC(=O)NC2=O)c2cc(-c3ccc(Cl)cc3)c(-c3ccc(Cl)cc3Cl)nc2O1. The van der Waals surface area contributed by atoms with Gasteiger partial charge in [0, 0.05) is 33.2 Å². The summed E-state index contributed by atoms with van der Waals surface area (Å²) in [7, 11) is 0. The molecule has 3 aromatic rings. The van der Waals surface area contributed by atoms with Crippen LogP contribution in [0.4, 0.5) is 4.79 Å². The Hall–Kier alpha value is -2.80. The van der Waals surface area contributed by atoms with E-state index in [2.05, 4.69) is 5.32 Å². The molecule has 1 saturated heterocycles. The summed E-state index contributed by atoms with van der Waals surface area (Å²) in [6.45, 7) is 3.85. The van der Waals surface area contributed by atoms with E-state index in [0.717, 1.165) is 16.7 Å². The van der Waals surface area contributed by atoms with Crippen LogP contribution in [-0.4, -0.2) is 34.0 Å². The minimum absolute atomic E-state index is 0.0138. The zero-order valence-corrected chi connectivity index (χ0v) is 20.6. The highest BCUT2D eigenvalue weighted by Crippen LogP contribution is 2.47. The molecule has 1 N–H and O–H groups in total. The maximum Gasteiger partial charge on any atom is 0.325 e.